The lowest BCUT2D eigenvalue weighted by atomic mass is 10.0. The van der Waals surface area contributed by atoms with Crippen molar-refractivity contribution in [1.29, 1.82) is 0 Å². The summed E-state index contributed by atoms with van der Waals surface area (Å²) in [6, 6.07) is 21.1. The molecule has 1 unspecified atom stereocenters. The van der Waals surface area contributed by atoms with Gasteiger partial charge in [-0.25, -0.2) is 0 Å². The third-order valence-corrected chi connectivity index (χ3v) is 5.25. The topological polar surface area (TPSA) is 60.0 Å². The molecular weight excluding hydrogens is 368 g/mol. The summed E-state index contributed by atoms with van der Waals surface area (Å²) in [5.74, 6) is 2.12. The maximum Gasteiger partial charge on any atom is 0.258 e. The van der Waals surface area contributed by atoms with Gasteiger partial charge in [0.25, 0.3) is 5.91 Å². The second-order valence-corrected chi connectivity index (χ2v) is 6.96. The van der Waals surface area contributed by atoms with Crippen LogP contribution >= 0.6 is 0 Å². The normalized spacial score (nSPS) is 16.9. The predicted molar refractivity (Wildman–Crippen MR) is 108 cm³/mol. The maximum absolute atomic E-state index is 13.4. The summed E-state index contributed by atoms with van der Waals surface area (Å²) >= 11 is 0. The maximum atomic E-state index is 13.4. The van der Waals surface area contributed by atoms with Crippen molar-refractivity contribution in [3.8, 4) is 17.2 Å². The molecule has 1 amide bonds. The third-order valence-electron chi connectivity index (χ3n) is 5.25. The van der Waals surface area contributed by atoms with E-state index >= 15 is 0 Å². The highest BCUT2D eigenvalue weighted by Crippen LogP contribution is 2.39. The van der Waals surface area contributed by atoms with Crippen LogP contribution in [0.15, 0.2) is 66.7 Å². The number of carbonyl (C=O) groups excluding carboxylic acids is 1. The molecule has 0 aromatic heterocycles. The summed E-state index contributed by atoms with van der Waals surface area (Å²) in [5, 5.41) is 3.51. The van der Waals surface area contributed by atoms with E-state index in [1.807, 2.05) is 71.6 Å². The van der Waals surface area contributed by atoms with Crippen molar-refractivity contribution in [2.24, 2.45) is 0 Å². The summed E-state index contributed by atoms with van der Waals surface area (Å²) in [6.07, 6.45) is -0.362. The van der Waals surface area contributed by atoms with Crippen LogP contribution < -0.4 is 19.5 Å². The second kappa shape index (κ2) is 7.05. The molecule has 2 aliphatic heterocycles. The van der Waals surface area contributed by atoms with Gasteiger partial charge >= 0.3 is 0 Å². The van der Waals surface area contributed by atoms with Crippen LogP contribution in [-0.2, 0) is 6.54 Å². The zero-order valence-corrected chi connectivity index (χ0v) is 15.9. The van der Waals surface area contributed by atoms with Gasteiger partial charge in [-0.15, -0.1) is 0 Å². The second-order valence-electron chi connectivity index (χ2n) is 6.96. The number of nitrogens with one attached hydrogen (secondary N) is 1. The molecule has 2 heterocycles. The van der Waals surface area contributed by atoms with Gasteiger partial charge in [-0.05, 0) is 35.9 Å². The number of carbonyl (C=O) groups is 1. The number of anilines is 1. The monoisotopic (exact) mass is 388 g/mol. The van der Waals surface area contributed by atoms with E-state index in [2.05, 4.69) is 5.32 Å². The van der Waals surface area contributed by atoms with Crippen LogP contribution in [0, 0.1) is 0 Å². The molecule has 2 aliphatic rings. The SMILES string of the molecule is COc1ccccc1C1Nc2ccccc2C(=O)N1Cc1ccc2c(c1)OCO2. The van der Waals surface area contributed by atoms with E-state index in [1.54, 1.807) is 7.11 Å². The Kier molecular flexibility index (Phi) is 4.24. The lowest BCUT2D eigenvalue weighted by Crippen LogP contribution is -2.42. The number of fused-ring (bicyclic) bond motifs is 2. The van der Waals surface area contributed by atoms with Crippen molar-refractivity contribution in [2.45, 2.75) is 12.7 Å². The Labute approximate surface area is 168 Å². The van der Waals surface area contributed by atoms with Crippen molar-refractivity contribution < 1.29 is 19.0 Å². The first-order chi connectivity index (χ1) is 14.2. The molecule has 146 valence electrons. The zero-order chi connectivity index (χ0) is 19.8. The van der Waals surface area contributed by atoms with Gasteiger partial charge in [0, 0.05) is 17.8 Å². The standard InChI is InChI=1S/C23H20N2O4/c1-27-19-9-5-3-7-17(19)22-24-18-8-4-2-6-16(18)23(26)25(22)13-15-10-11-20-21(12-15)29-14-28-20/h2-12,22,24H,13-14H2,1H3. The Morgan fingerprint density at radius 3 is 2.72 bits per heavy atom. The molecule has 1 atom stereocenters. The molecule has 0 saturated heterocycles. The van der Waals surface area contributed by atoms with Crippen LogP contribution in [0.3, 0.4) is 0 Å². The fourth-order valence-corrected chi connectivity index (χ4v) is 3.83. The lowest BCUT2D eigenvalue weighted by molar-refractivity contribution is 0.0664. The number of hydrogen-bond donors (Lipinski definition) is 1. The minimum Gasteiger partial charge on any atom is -0.496 e. The molecule has 0 spiro atoms. The summed E-state index contributed by atoms with van der Waals surface area (Å²) in [7, 11) is 1.64. The van der Waals surface area contributed by atoms with E-state index in [1.165, 1.54) is 0 Å². The van der Waals surface area contributed by atoms with Gasteiger partial charge in [0.15, 0.2) is 11.5 Å². The smallest absolute Gasteiger partial charge is 0.258 e. The largest absolute Gasteiger partial charge is 0.496 e. The average Bonchev–Trinajstić information content (AvgIpc) is 3.23. The Hall–Kier alpha value is -3.67. The lowest BCUT2D eigenvalue weighted by Gasteiger charge is -2.38. The first kappa shape index (κ1) is 17.4. The quantitative estimate of drug-likeness (QED) is 0.726. The van der Waals surface area contributed by atoms with Crippen LogP contribution in [0.1, 0.15) is 27.7 Å². The van der Waals surface area contributed by atoms with Gasteiger partial charge in [-0.2, -0.15) is 0 Å². The number of amides is 1. The van der Waals surface area contributed by atoms with E-state index in [4.69, 9.17) is 14.2 Å². The molecule has 0 aliphatic carbocycles. The summed E-state index contributed by atoms with van der Waals surface area (Å²) in [6.45, 7) is 0.639. The number of hydrogen-bond acceptors (Lipinski definition) is 5. The van der Waals surface area contributed by atoms with E-state index in [0.29, 0.717) is 17.9 Å². The number of ether oxygens (including phenoxy) is 3. The molecule has 0 fully saturated rings. The molecule has 5 rings (SSSR count). The number of rotatable bonds is 4. The van der Waals surface area contributed by atoms with Gasteiger partial charge in [0.1, 0.15) is 11.9 Å². The molecule has 29 heavy (non-hydrogen) atoms. The highest BCUT2D eigenvalue weighted by atomic mass is 16.7. The molecule has 0 radical (unpaired) electrons. The zero-order valence-electron chi connectivity index (χ0n) is 15.9. The molecule has 3 aromatic rings. The van der Waals surface area contributed by atoms with Gasteiger partial charge < -0.3 is 24.4 Å². The Morgan fingerprint density at radius 2 is 1.83 bits per heavy atom. The van der Waals surface area contributed by atoms with E-state index in [0.717, 1.165) is 28.3 Å². The van der Waals surface area contributed by atoms with E-state index in [-0.39, 0.29) is 18.9 Å². The molecule has 1 N–H and O–H groups in total. The molecule has 3 aromatic carbocycles. The fraction of sp³-hybridized carbons (Fsp3) is 0.174. The van der Waals surface area contributed by atoms with Crippen LogP contribution in [0.2, 0.25) is 0 Å². The molecule has 6 nitrogen and oxygen atoms in total. The average molecular weight is 388 g/mol. The van der Waals surface area contributed by atoms with Crippen molar-refractivity contribution in [3.05, 3.63) is 83.4 Å². The molecule has 0 saturated carbocycles. The van der Waals surface area contributed by atoms with Crippen molar-refractivity contribution in [2.75, 3.05) is 19.2 Å². The fourth-order valence-electron chi connectivity index (χ4n) is 3.83. The Morgan fingerprint density at radius 1 is 1.03 bits per heavy atom. The van der Waals surface area contributed by atoms with E-state index < -0.39 is 0 Å². The summed E-state index contributed by atoms with van der Waals surface area (Å²) in [4.78, 5) is 15.2. The predicted octanol–water partition coefficient (Wildman–Crippen LogP) is 4.19. The number of para-hydroxylation sites is 2. The van der Waals surface area contributed by atoms with Gasteiger partial charge in [0.2, 0.25) is 6.79 Å². The third kappa shape index (κ3) is 3.02. The summed E-state index contributed by atoms with van der Waals surface area (Å²) < 4.78 is 16.5. The number of nitrogens with zero attached hydrogens (tertiary/aromatic N) is 1. The van der Waals surface area contributed by atoms with Crippen molar-refractivity contribution in [3.63, 3.8) is 0 Å². The first-order valence-corrected chi connectivity index (χ1v) is 9.42. The van der Waals surface area contributed by atoms with Crippen LogP contribution in [0.25, 0.3) is 0 Å². The van der Waals surface area contributed by atoms with Crippen LogP contribution in [-0.4, -0.2) is 24.7 Å². The highest BCUT2D eigenvalue weighted by molar-refractivity contribution is 6.01. The molecule has 6 heteroatoms. The Bertz CT molecular complexity index is 1080. The Balaban J connectivity index is 1.56. The minimum atomic E-state index is -0.362. The number of methoxy groups -OCH3 is 1. The van der Waals surface area contributed by atoms with Crippen molar-refractivity contribution in [1.82, 2.24) is 4.90 Å². The van der Waals surface area contributed by atoms with Crippen LogP contribution in [0.4, 0.5) is 5.69 Å². The van der Waals surface area contributed by atoms with E-state index in [9.17, 15) is 4.79 Å². The first-order valence-electron chi connectivity index (χ1n) is 9.42. The summed E-state index contributed by atoms with van der Waals surface area (Å²) in [5.41, 5.74) is 3.33. The van der Waals surface area contributed by atoms with Crippen molar-refractivity contribution >= 4 is 11.6 Å². The van der Waals surface area contributed by atoms with Crippen LogP contribution in [0.5, 0.6) is 17.2 Å². The van der Waals surface area contributed by atoms with Gasteiger partial charge in [-0.1, -0.05) is 36.4 Å². The highest BCUT2D eigenvalue weighted by Gasteiger charge is 2.34. The molecule has 0 bridgehead atoms. The van der Waals surface area contributed by atoms with Gasteiger partial charge in [0.05, 0.1) is 12.7 Å². The minimum absolute atomic E-state index is 0.0343. The number of benzene rings is 3. The van der Waals surface area contributed by atoms with Gasteiger partial charge in [-0.3, -0.25) is 4.79 Å². The molecular formula is C23H20N2O4.